The van der Waals surface area contributed by atoms with E-state index in [4.69, 9.17) is 10.00 Å². The molecule has 20 heavy (non-hydrogen) atoms. The topological polar surface area (TPSA) is 108 Å². The van der Waals surface area contributed by atoms with E-state index in [-0.39, 0.29) is 17.2 Å². The van der Waals surface area contributed by atoms with Gasteiger partial charge in [0.2, 0.25) is 0 Å². The standard InChI is InChI=1S/C12H12N4O3S/c1-9-12(8-14-15-9)20(17,18)16-10-4-2-3-5-11(10)19-7-6-13/h2-5,8,16H,7H2,1H3,(H,14,15). The van der Waals surface area contributed by atoms with Crippen molar-refractivity contribution in [1.82, 2.24) is 10.2 Å². The van der Waals surface area contributed by atoms with Crippen LogP contribution < -0.4 is 9.46 Å². The molecule has 0 saturated carbocycles. The van der Waals surface area contributed by atoms with E-state index in [0.29, 0.717) is 11.4 Å². The summed E-state index contributed by atoms with van der Waals surface area (Å²) in [6.45, 7) is 1.45. The maximum Gasteiger partial charge on any atom is 0.265 e. The number of anilines is 1. The fourth-order valence-electron chi connectivity index (χ4n) is 1.60. The number of nitrogens with zero attached hydrogens (tertiary/aromatic N) is 2. The Balaban J connectivity index is 2.31. The van der Waals surface area contributed by atoms with Crippen LogP contribution in [0.2, 0.25) is 0 Å². The molecule has 0 saturated heterocycles. The minimum Gasteiger partial charge on any atom is -0.477 e. The smallest absolute Gasteiger partial charge is 0.265 e. The fourth-order valence-corrected chi connectivity index (χ4v) is 2.81. The van der Waals surface area contributed by atoms with E-state index in [1.165, 1.54) is 6.20 Å². The number of hydrogen-bond donors (Lipinski definition) is 2. The molecule has 2 aromatic rings. The minimum absolute atomic E-state index is 0.0626. The number of benzene rings is 1. The van der Waals surface area contributed by atoms with Crippen LogP contribution in [0.4, 0.5) is 5.69 Å². The van der Waals surface area contributed by atoms with Gasteiger partial charge in [-0.3, -0.25) is 9.82 Å². The van der Waals surface area contributed by atoms with Crippen molar-refractivity contribution < 1.29 is 13.2 Å². The Kier molecular flexibility index (Phi) is 3.91. The largest absolute Gasteiger partial charge is 0.477 e. The molecule has 0 aliphatic rings. The van der Waals surface area contributed by atoms with Gasteiger partial charge in [0.15, 0.2) is 6.61 Å². The molecule has 1 aromatic carbocycles. The van der Waals surface area contributed by atoms with Gasteiger partial charge in [0.25, 0.3) is 10.0 Å². The molecular weight excluding hydrogens is 280 g/mol. The normalized spacial score (nSPS) is 10.8. The van der Waals surface area contributed by atoms with E-state index < -0.39 is 10.0 Å². The second kappa shape index (κ2) is 5.63. The summed E-state index contributed by atoms with van der Waals surface area (Å²) < 4.78 is 32.0. The van der Waals surface area contributed by atoms with Gasteiger partial charge in [0.05, 0.1) is 17.6 Å². The lowest BCUT2D eigenvalue weighted by atomic mass is 10.3. The van der Waals surface area contributed by atoms with Crippen LogP contribution in [-0.2, 0) is 10.0 Å². The summed E-state index contributed by atoms with van der Waals surface area (Å²) in [4.78, 5) is 0.0626. The number of sulfonamides is 1. The molecule has 0 bridgehead atoms. The maximum absolute atomic E-state index is 12.2. The molecule has 7 nitrogen and oxygen atoms in total. The van der Waals surface area contributed by atoms with Crippen molar-refractivity contribution in [2.75, 3.05) is 11.3 Å². The predicted octanol–water partition coefficient (Wildman–Crippen LogP) is 1.42. The van der Waals surface area contributed by atoms with Crippen molar-refractivity contribution in [2.24, 2.45) is 0 Å². The van der Waals surface area contributed by atoms with E-state index in [1.807, 2.05) is 6.07 Å². The van der Waals surface area contributed by atoms with Gasteiger partial charge in [0, 0.05) is 0 Å². The van der Waals surface area contributed by atoms with Crippen molar-refractivity contribution in [3.63, 3.8) is 0 Å². The summed E-state index contributed by atoms with van der Waals surface area (Å²) in [6.07, 6.45) is 1.23. The van der Waals surface area contributed by atoms with Crippen LogP contribution in [0.5, 0.6) is 5.75 Å². The average molecular weight is 292 g/mol. The second-order valence-corrected chi connectivity index (χ2v) is 5.56. The van der Waals surface area contributed by atoms with Crippen LogP contribution >= 0.6 is 0 Å². The third-order valence-corrected chi connectivity index (χ3v) is 3.98. The van der Waals surface area contributed by atoms with Crippen molar-refractivity contribution >= 4 is 15.7 Å². The number of ether oxygens (including phenoxy) is 1. The monoisotopic (exact) mass is 292 g/mol. The first kappa shape index (κ1) is 13.9. The molecular formula is C12H12N4O3S. The van der Waals surface area contributed by atoms with E-state index in [9.17, 15) is 8.42 Å². The Morgan fingerprint density at radius 1 is 1.45 bits per heavy atom. The Hall–Kier alpha value is -2.53. The first-order chi connectivity index (χ1) is 9.54. The van der Waals surface area contributed by atoms with Crippen LogP contribution in [0, 0.1) is 18.3 Å². The fraction of sp³-hybridized carbons (Fsp3) is 0.167. The van der Waals surface area contributed by atoms with Gasteiger partial charge in [-0.05, 0) is 19.1 Å². The van der Waals surface area contributed by atoms with Crippen LogP contribution in [0.15, 0.2) is 35.4 Å². The molecule has 0 fully saturated rings. The number of rotatable bonds is 5. The number of para-hydroxylation sites is 2. The van der Waals surface area contributed by atoms with Crippen molar-refractivity contribution in [2.45, 2.75) is 11.8 Å². The van der Waals surface area contributed by atoms with Crippen molar-refractivity contribution in [1.29, 1.82) is 5.26 Å². The molecule has 1 aromatic heterocycles. The number of hydrogen-bond acceptors (Lipinski definition) is 5. The lowest BCUT2D eigenvalue weighted by molar-refractivity contribution is 0.370. The number of aromatic nitrogens is 2. The lowest BCUT2D eigenvalue weighted by Crippen LogP contribution is -2.14. The predicted molar refractivity (Wildman–Crippen MR) is 71.7 cm³/mol. The number of nitrogens with one attached hydrogen (secondary N) is 2. The number of H-pyrrole nitrogens is 1. The minimum atomic E-state index is -3.75. The van der Waals surface area contributed by atoms with Crippen LogP contribution in [0.1, 0.15) is 5.69 Å². The van der Waals surface area contributed by atoms with Gasteiger partial charge in [0.1, 0.15) is 16.7 Å². The molecule has 0 aliphatic heterocycles. The van der Waals surface area contributed by atoms with Crippen LogP contribution in [-0.4, -0.2) is 25.2 Å². The number of aromatic amines is 1. The molecule has 0 spiro atoms. The lowest BCUT2D eigenvalue weighted by Gasteiger charge is -2.11. The highest BCUT2D eigenvalue weighted by molar-refractivity contribution is 7.92. The molecule has 2 rings (SSSR count). The molecule has 0 amide bonds. The third kappa shape index (κ3) is 2.89. The van der Waals surface area contributed by atoms with Gasteiger partial charge < -0.3 is 4.74 Å². The molecule has 1 heterocycles. The Morgan fingerprint density at radius 2 is 2.20 bits per heavy atom. The molecule has 0 radical (unpaired) electrons. The average Bonchev–Trinajstić information content (AvgIpc) is 2.84. The van der Waals surface area contributed by atoms with Gasteiger partial charge in [-0.1, -0.05) is 12.1 Å². The quantitative estimate of drug-likeness (QED) is 0.866. The molecule has 104 valence electrons. The van der Waals surface area contributed by atoms with Gasteiger partial charge >= 0.3 is 0 Å². The molecule has 8 heteroatoms. The van der Waals surface area contributed by atoms with Crippen LogP contribution in [0.25, 0.3) is 0 Å². The van der Waals surface area contributed by atoms with Crippen molar-refractivity contribution in [3.8, 4) is 11.8 Å². The maximum atomic E-state index is 12.2. The highest BCUT2D eigenvalue weighted by Crippen LogP contribution is 2.26. The summed E-state index contributed by atoms with van der Waals surface area (Å²) >= 11 is 0. The number of aryl methyl sites for hydroxylation is 1. The Bertz CT molecular complexity index is 746. The van der Waals surface area contributed by atoms with Crippen LogP contribution in [0.3, 0.4) is 0 Å². The zero-order chi connectivity index (χ0) is 14.6. The zero-order valence-corrected chi connectivity index (χ0v) is 11.4. The zero-order valence-electron chi connectivity index (χ0n) is 10.6. The first-order valence-corrected chi connectivity index (χ1v) is 7.14. The Labute approximate surface area is 116 Å². The third-order valence-electron chi connectivity index (χ3n) is 2.50. The molecule has 2 N–H and O–H groups in total. The first-order valence-electron chi connectivity index (χ1n) is 5.66. The summed E-state index contributed by atoms with van der Waals surface area (Å²) in [5.74, 6) is 0.291. The highest BCUT2D eigenvalue weighted by atomic mass is 32.2. The SMILES string of the molecule is Cc1[nH]ncc1S(=O)(=O)Nc1ccccc1OCC#N. The molecule has 0 unspecified atom stereocenters. The summed E-state index contributed by atoms with van der Waals surface area (Å²) in [7, 11) is -3.75. The van der Waals surface area contributed by atoms with E-state index in [2.05, 4.69) is 14.9 Å². The Morgan fingerprint density at radius 3 is 2.85 bits per heavy atom. The highest BCUT2D eigenvalue weighted by Gasteiger charge is 2.20. The van der Waals surface area contributed by atoms with Gasteiger partial charge in [-0.25, -0.2) is 8.42 Å². The van der Waals surface area contributed by atoms with E-state index in [1.54, 1.807) is 31.2 Å². The molecule has 0 aliphatic carbocycles. The summed E-state index contributed by atoms with van der Waals surface area (Å²) in [5, 5.41) is 14.8. The number of nitriles is 1. The van der Waals surface area contributed by atoms with Gasteiger partial charge in [-0.2, -0.15) is 10.4 Å². The summed E-state index contributed by atoms with van der Waals surface area (Å²) in [6, 6.07) is 8.32. The van der Waals surface area contributed by atoms with Gasteiger partial charge in [-0.15, -0.1) is 0 Å². The summed E-state index contributed by atoms with van der Waals surface area (Å²) in [5.41, 5.74) is 0.705. The van der Waals surface area contributed by atoms with E-state index >= 15 is 0 Å². The second-order valence-electron chi connectivity index (χ2n) is 3.91. The van der Waals surface area contributed by atoms with Crippen molar-refractivity contribution in [3.05, 3.63) is 36.2 Å². The van der Waals surface area contributed by atoms with E-state index in [0.717, 1.165) is 0 Å². The molecule has 0 atom stereocenters.